The summed E-state index contributed by atoms with van der Waals surface area (Å²) in [6, 6.07) is 4.20. The van der Waals surface area contributed by atoms with Gasteiger partial charge in [0.2, 0.25) is 0 Å². The highest BCUT2D eigenvalue weighted by atomic mass is 35.5. The maximum atomic E-state index is 11.9. The second-order valence-electron chi connectivity index (χ2n) is 3.35. The highest BCUT2D eigenvalue weighted by Gasteiger charge is 2.19. The minimum Gasteiger partial charge on any atom is -0.506 e. The van der Waals surface area contributed by atoms with E-state index in [1.807, 2.05) is 0 Å². The van der Waals surface area contributed by atoms with Crippen molar-refractivity contribution in [3.63, 3.8) is 0 Å². The van der Waals surface area contributed by atoms with Crippen molar-refractivity contribution in [3.8, 4) is 5.75 Å². The van der Waals surface area contributed by atoms with Crippen LogP contribution < -0.4 is 4.72 Å². The van der Waals surface area contributed by atoms with E-state index >= 15 is 0 Å². The lowest BCUT2D eigenvalue weighted by atomic mass is 10.3. The molecule has 2 N–H and O–H groups in total. The minimum atomic E-state index is -3.63. The largest absolute Gasteiger partial charge is 0.506 e. The van der Waals surface area contributed by atoms with Crippen molar-refractivity contribution in [2.45, 2.75) is 13.8 Å². The molecule has 0 aliphatic heterocycles. The average Bonchev–Trinajstić information content (AvgIpc) is 2.23. The molecule has 0 amide bonds. The molecular formula is C10H15ClN2O3S. The molecule has 0 atom stereocenters. The quantitative estimate of drug-likeness (QED) is 0.810. The molecular weight excluding hydrogens is 264 g/mol. The van der Waals surface area contributed by atoms with Crippen LogP contribution in [0.3, 0.4) is 0 Å². The molecule has 0 aliphatic carbocycles. The Balaban J connectivity index is 2.98. The molecule has 1 aromatic carbocycles. The van der Waals surface area contributed by atoms with Gasteiger partial charge in [-0.3, -0.25) is 4.72 Å². The molecule has 0 bridgehead atoms. The van der Waals surface area contributed by atoms with Crippen LogP contribution in [0.4, 0.5) is 5.69 Å². The van der Waals surface area contributed by atoms with Gasteiger partial charge in [-0.15, -0.1) is 0 Å². The molecule has 0 unspecified atom stereocenters. The lowest BCUT2D eigenvalue weighted by molar-refractivity contribution is 0.448. The molecule has 0 heterocycles. The second kappa shape index (κ2) is 5.57. The Labute approximate surface area is 106 Å². The van der Waals surface area contributed by atoms with E-state index < -0.39 is 10.2 Å². The van der Waals surface area contributed by atoms with E-state index in [1.54, 1.807) is 13.8 Å². The van der Waals surface area contributed by atoms with Crippen LogP contribution >= 0.6 is 11.6 Å². The van der Waals surface area contributed by atoms with E-state index in [9.17, 15) is 13.5 Å². The van der Waals surface area contributed by atoms with E-state index in [1.165, 1.54) is 22.5 Å². The summed E-state index contributed by atoms with van der Waals surface area (Å²) < 4.78 is 27.3. The summed E-state index contributed by atoms with van der Waals surface area (Å²) in [5.74, 6) is -0.201. The van der Waals surface area contributed by atoms with Gasteiger partial charge in [-0.2, -0.15) is 12.7 Å². The summed E-state index contributed by atoms with van der Waals surface area (Å²) in [5.41, 5.74) is 0.112. The fraction of sp³-hybridized carbons (Fsp3) is 0.400. The molecule has 0 aromatic heterocycles. The molecule has 0 radical (unpaired) electrons. The summed E-state index contributed by atoms with van der Waals surface area (Å²) in [5, 5.41) is 9.89. The van der Waals surface area contributed by atoms with E-state index in [4.69, 9.17) is 11.6 Å². The van der Waals surface area contributed by atoms with Crippen LogP contribution in [0.15, 0.2) is 18.2 Å². The van der Waals surface area contributed by atoms with Gasteiger partial charge < -0.3 is 5.11 Å². The highest BCUT2D eigenvalue weighted by molar-refractivity contribution is 7.90. The van der Waals surface area contributed by atoms with Crippen molar-refractivity contribution < 1.29 is 13.5 Å². The Morgan fingerprint density at radius 1 is 1.35 bits per heavy atom. The molecule has 1 aromatic rings. The van der Waals surface area contributed by atoms with E-state index in [0.717, 1.165) is 0 Å². The van der Waals surface area contributed by atoms with Gasteiger partial charge >= 0.3 is 10.2 Å². The number of benzene rings is 1. The number of anilines is 1. The van der Waals surface area contributed by atoms with Gasteiger partial charge in [-0.05, 0) is 12.1 Å². The van der Waals surface area contributed by atoms with Gasteiger partial charge in [0.1, 0.15) is 5.75 Å². The number of nitrogens with one attached hydrogen (secondary N) is 1. The van der Waals surface area contributed by atoms with Crippen LogP contribution in [0.5, 0.6) is 5.75 Å². The van der Waals surface area contributed by atoms with Crippen molar-refractivity contribution in [2.75, 3.05) is 17.8 Å². The third kappa shape index (κ3) is 3.49. The number of hydrogen-bond acceptors (Lipinski definition) is 3. The normalized spacial score (nSPS) is 11.8. The summed E-state index contributed by atoms with van der Waals surface area (Å²) >= 11 is 5.66. The predicted molar refractivity (Wildman–Crippen MR) is 68.6 cm³/mol. The van der Waals surface area contributed by atoms with Crippen molar-refractivity contribution in [1.29, 1.82) is 0 Å². The number of nitrogens with zero attached hydrogens (tertiary/aromatic N) is 1. The summed E-state index contributed by atoms with van der Waals surface area (Å²) in [6.07, 6.45) is 0. The van der Waals surface area contributed by atoms with Crippen LogP contribution in [-0.4, -0.2) is 30.9 Å². The topological polar surface area (TPSA) is 69.6 Å². The van der Waals surface area contributed by atoms with Gasteiger partial charge in [-0.25, -0.2) is 0 Å². The number of rotatable bonds is 5. The third-order valence-corrected chi connectivity index (χ3v) is 4.15. The summed E-state index contributed by atoms with van der Waals surface area (Å²) in [6.45, 7) is 4.20. The summed E-state index contributed by atoms with van der Waals surface area (Å²) in [4.78, 5) is 0. The molecule has 7 heteroatoms. The van der Waals surface area contributed by atoms with Crippen molar-refractivity contribution in [2.24, 2.45) is 0 Å². The zero-order chi connectivity index (χ0) is 13.1. The number of aromatic hydroxyl groups is 1. The fourth-order valence-corrected chi connectivity index (χ4v) is 2.78. The minimum absolute atomic E-state index is 0.112. The van der Waals surface area contributed by atoms with Gasteiger partial charge in [0.25, 0.3) is 0 Å². The molecule has 17 heavy (non-hydrogen) atoms. The van der Waals surface area contributed by atoms with Crippen LogP contribution in [0.2, 0.25) is 5.02 Å². The lowest BCUT2D eigenvalue weighted by Gasteiger charge is -2.19. The zero-order valence-corrected chi connectivity index (χ0v) is 11.2. The number of hydrogen-bond donors (Lipinski definition) is 2. The monoisotopic (exact) mass is 278 g/mol. The maximum Gasteiger partial charge on any atom is 0.301 e. The van der Waals surface area contributed by atoms with E-state index in [2.05, 4.69) is 4.72 Å². The van der Waals surface area contributed by atoms with Crippen LogP contribution in [-0.2, 0) is 10.2 Å². The van der Waals surface area contributed by atoms with Crippen LogP contribution in [0.25, 0.3) is 0 Å². The number of phenolic OH excluding ortho intramolecular Hbond substituents is 1. The van der Waals surface area contributed by atoms with Crippen molar-refractivity contribution in [1.82, 2.24) is 4.31 Å². The molecule has 0 aliphatic rings. The first-order valence-corrected chi connectivity index (χ1v) is 6.99. The Hall–Kier alpha value is -0.980. The molecule has 0 spiro atoms. The first-order chi connectivity index (χ1) is 7.90. The van der Waals surface area contributed by atoms with Gasteiger partial charge in [0.05, 0.1) is 5.69 Å². The third-order valence-electron chi connectivity index (χ3n) is 2.24. The predicted octanol–water partition coefficient (Wildman–Crippen LogP) is 2.04. The van der Waals surface area contributed by atoms with Gasteiger partial charge in [0, 0.05) is 24.2 Å². The standard InChI is InChI=1S/C10H15ClN2O3S/c1-3-13(4-2)17(15,16)12-9-6-5-8(11)7-10(9)14/h5-7,12,14H,3-4H2,1-2H3. The number of halogens is 1. The molecule has 5 nitrogen and oxygen atoms in total. The first kappa shape index (κ1) is 14.1. The smallest absolute Gasteiger partial charge is 0.301 e. The Kier molecular flexibility index (Phi) is 4.62. The lowest BCUT2D eigenvalue weighted by Crippen LogP contribution is -2.35. The Morgan fingerprint density at radius 2 is 1.94 bits per heavy atom. The second-order valence-corrected chi connectivity index (χ2v) is 5.46. The van der Waals surface area contributed by atoms with Gasteiger partial charge in [-0.1, -0.05) is 25.4 Å². The maximum absolute atomic E-state index is 11.9. The highest BCUT2D eigenvalue weighted by Crippen LogP contribution is 2.27. The van der Waals surface area contributed by atoms with Crippen LogP contribution in [0, 0.1) is 0 Å². The zero-order valence-electron chi connectivity index (χ0n) is 9.64. The van der Waals surface area contributed by atoms with Crippen molar-refractivity contribution in [3.05, 3.63) is 23.2 Å². The molecule has 1 rings (SSSR count). The van der Waals surface area contributed by atoms with Crippen LogP contribution in [0.1, 0.15) is 13.8 Å². The fourth-order valence-electron chi connectivity index (χ4n) is 1.36. The molecule has 0 saturated carbocycles. The van der Waals surface area contributed by atoms with Crippen molar-refractivity contribution >= 4 is 27.5 Å². The van der Waals surface area contributed by atoms with E-state index in [-0.39, 0.29) is 11.4 Å². The Bertz CT molecular complexity index is 486. The first-order valence-electron chi connectivity index (χ1n) is 5.17. The van der Waals surface area contributed by atoms with Gasteiger partial charge in [0.15, 0.2) is 0 Å². The molecule has 0 fully saturated rings. The number of phenols is 1. The SMILES string of the molecule is CCN(CC)S(=O)(=O)Nc1ccc(Cl)cc1O. The molecule has 0 saturated heterocycles. The Morgan fingerprint density at radius 3 is 2.41 bits per heavy atom. The summed E-state index contributed by atoms with van der Waals surface area (Å²) in [7, 11) is -3.63. The average molecular weight is 279 g/mol. The molecule has 96 valence electrons. The van der Waals surface area contributed by atoms with E-state index in [0.29, 0.717) is 18.1 Å².